The summed E-state index contributed by atoms with van der Waals surface area (Å²) in [5, 5.41) is 8.89. The number of nitrogens with two attached hydrogens (primary N) is 1. The third kappa shape index (κ3) is 2.59. The zero-order valence-electron chi connectivity index (χ0n) is 13.0. The monoisotopic (exact) mass is 331 g/mol. The number of aliphatic hydroxyl groups excluding tert-OH is 1. The van der Waals surface area contributed by atoms with E-state index in [0.29, 0.717) is 0 Å². The van der Waals surface area contributed by atoms with E-state index in [1.54, 1.807) is 30.3 Å². The Bertz CT molecular complexity index is 787. The quantitative estimate of drug-likeness (QED) is 0.876. The summed E-state index contributed by atoms with van der Waals surface area (Å²) < 4.78 is 25.8. The van der Waals surface area contributed by atoms with Gasteiger partial charge in [-0.1, -0.05) is 49.4 Å². The van der Waals surface area contributed by atoms with E-state index >= 15 is 0 Å². The number of aryl methyl sites for hydroxylation is 1. The zero-order valence-corrected chi connectivity index (χ0v) is 13.8. The molecule has 0 amide bonds. The first-order valence-corrected chi connectivity index (χ1v) is 9.27. The molecule has 0 heterocycles. The molecule has 122 valence electrons. The first-order valence-electron chi connectivity index (χ1n) is 7.72. The summed E-state index contributed by atoms with van der Waals surface area (Å²) in [7, 11) is -3.58. The SMILES string of the molecule is CCc1ccc([C@@H]2[C@H](S(=O)(=O)c3ccccc3)[C@]2(N)CO)cc1. The molecule has 2 aromatic rings. The van der Waals surface area contributed by atoms with E-state index in [0.717, 1.165) is 12.0 Å². The second-order valence-corrected chi connectivity index (χ2v) is 8.19. The molecule has 0 aliphatic heterocycles. The van der Waals surface area contributed by atoms with Crippen molar-refractivity contribution in [1.29, 1.82) is 0 Å². The van der Waals surface area contributed by atoms with Crippen LogP contribution in [0.4, 0.5) is 0 Å². The smallest absolute Gasteiger partial charge is 0.183 e. The lowest BCUT2D eigenvalue weighted by Crippen LogP contribution is -2.35. The highest BCUT2D eigenvalue weighted by Crippen LogP contribution is 2.55. The Morgan fingerprint density at radius 3 is 2.22 bits per heavy atom. The summed E-state index contributed by atoms with van der Waals surface area (Å²) in [6.07, 6.45) is 0.921. The number of sulfone groups is 1. The molecule has 1 aliphatic rings. The summed E-state index contributed by atoms with van der Waals surface area (Å²) in [4.78, 5) is 0.251. The van der Waals surface area contributed by atoms with E-state index in [1.807, 2.05) is 24.3 Å². The third-order valence-electron chi connectivity index (χ3n) is 4.73. The molecule has 3 rings (SSSR count). The van der Waals surface area contributed by atoms with E-state index in [9.17, 15) is 13.5 Å². The molecule has 0 aromatic heterocycles. The van der Waals surface area contributed by atoms with Crippen LogP contribution in [0.3, 0.4) is 0 Å². The minimum atomic E-state index is -3.58. The Labute approximate surface area is 136 Å². The molecule has 3 N–H and O–H groups in total. The molecule has 0 bridgehead atoms. The van der Waals surface area contributed by atoms with Crippen molar-refractivity contribution >= 4 is 9.84 Å². The van der Waals surface area contributed by atoms with Gasteiger partial charge in [0.05, 0.1) is 22.3 Å². The van der Waals surface area contributed by atoms with Crippen molar-refractivity contribution in [3.8, 4) is 0 Å². The predicted octanol–water partition coefficient (Wildman–Crippen LogP) is 1.88. The Morgan fingerprint density at radius 2 is 1.70 bits per heavy atom. The highest BCUT2D eigenvalue weighted by atomic mass is 32.2. The van der Waals surface area contributed by atoms with Crippen molar-refractivity contribution in [2.24, 2.45) is 5.73 Å². The van der Waals surface area contributed by atoms with Gasteiger partial charge in [0.25, 0.3) is 0 Å². The molecule has 5 heteroatoms. The molecule has 0 radical (unpaired) electrons. The van der Waals surface area contributed by atoms with Gasteiger partial charge in [-0.2, -0.15) is 0 Å². The van der Waals surface area contributed by atoms with Gasteiger partial charge < -0.3 is 10.8 Å². The number of hydrogen-bond acceptors (Lipinski definition) is 4. The van der Waals surface area contributed by atoms with Gasteiger partial charge in [-0.15, -0.1) is 0 Å². The Morgan fingerprint density at radius 1 is 1.09 bits per heavy atom. The van der Waals surface area contributed by atoms with Crippen LogP contribution >= 0.6 is 0 Å². The van der Waals surface area contributed by atoms with Crippen molar-refractivity contribution in [2.75, 3.05) is 6.61 Å². The van der Waals surface area contributed by atoms with Crippen LogP contribution in [0.15, 0.2) is 59.5 Å². The lowest BCUT2D eigenvalue weighted by molar-refractivity contribution is 0.253. The Hall–Kier alpha value is -1.69. The highest BCUT2D eigenvalue weighted by molar-refractivity contribution is 7.92. The average Bonchev–Trinajstić information content (AvgIpc) is 3.23. The summed E-state index contributed by atoms with van der Waals surface area (Å²) >= 11 is 0. The number of hydrogen-bond donors (Lipinski definition) is 2. The standard InChI is InChI=1S/C18H21NO3S/c1-2-13-8-10-14(11-9-13)16-17(18(16,19)12-20)23(21,22)15-6-4-3-5-7-15/h3-11,16-17,20H,2,12,19H2,1H3/t16-,17+,18+/m1/s1. The molecule has 3 atom stereocenters. The molecular formula is C18H21NO3S. The van der Waals surface area contributed by atoms with Gasteiger partial charge in [0.15, 0.2) is 9.84 Å². The van der Waals surface area contributed by atoms with Crippen LogP contribution in [-0.4, -0.2) is 30.9 Å². The molecule has 1 saturated carbocycles. The van der Waals surface area contributed by atoms with Crippen molar-refractivity contribution in [2.45, 2.75) is 34.9 Å². The maximum Gasteiger partial charge on any atom is 0.183 e. The number of aliphatic hydroxyl groups is 1. The predicted molar refractivity (Wildman–Crippen MR) is 90.0 cm³/mol. The summed E-state index contributed by atoms with van der Waals surface area (Å²) in [6, 6.07) is 16.1. The number of benzene rings is 2. The van der Waals surface area contributed by atoms with E-state index < -0.39 is 20.6 Å². The topological polar surface area (TPSA) is 80.4 Å². The van der Waals surface area contributed by atoms with Crippen LogP contribution in [-0.2, 0) is 16.3 Å². The molecule has 4 nitrogen and oxygen atoms in total. The normalized spacial score (nSPS) is 26.9. The minimum absolute atomic E-state index is 0.251. The fourth-order valence-electron chi connectivity index (χ4n) is 3.28. The fraction of sp³-hybridized carbons (Fsp3) is 0.333. The van der Waals surface area contributed by atoms with E-state index in [1.165, 1.54) is 5.56 Å². The summed E-state index contributed by atoms with van der Waals surface area (Å²) in [5.74, 6) is -0.386. The van der Waals surface area contributed by atoms with Crippen LogP contribution in [0.5, 0.6) is 0 Å². The molecular weight excluding hydrogens is 310 g/mol. The van der Waals surface area contributed by atoms with Gasteiger partial charge >= 0.3 is 0 Å². The van der Waals surface area contributed by atoms with Crippen LogP contribution in [0.2, 0.25) is 0 Å². The average molecular weight is 331 g/mol. The lowest BCUT2D eigenvalue weighted by Gasteiger charge is -2.08. The van der Waals surface area contributed by atoms with E-state index in [2.05, 4.69) is 6.92 Å². The maximum atomic E-state index is 12.9. The lowest BCUT2D eigenvalue weighted by atomic mass is 10.0. The second-order valence-electron chi connectivity index (χ2n) is 6.12. The Balaban J connectivity index is 1.98. The fourth-order valence-corrected chi connectivity index (χ4v) is 5.60. The van der Waals surface area contributed by atoms with E-state index in [-0.39, 0.29) is 17.4 Å². The van der Waals surface area contributed by atoms with Crippen LogP contribution in [0, 0.1) is 0 Å². The highest BCUT2D eigenvalue weighted by Gasteiger charge is 2.68. The Kier molecular flexibility index (Phi) is 4.04. The molecule has 1 aliphatic carbocycles. The van der Waals surface area contributed by atoms with Gasteiger partial charge in [-0.25, -0.2) is 8.42 Å². The summed E-state index contributed by atoms with van der Waals surface area (Å²) in [5.41, 5.74) is 7.16. The first kappa shape index (κ1) is 16.2. The van der Waals surface area contributed by atoms with Crippen LogP contribution < -0.4 is 5.73 Å². The molecule has 1 fully saturated rings. The van der Waals surface area contributed by atoms with Gasteiger partial charge in [0, 0.05) is 5.92 Å². The van der Waals surface area contributed by atoms with E-state index in [4.69, 9.17) is 5.73 Å². The van der Waals surface area contributed by atoms with Crippen molar-refractivity contribution in [3.63, 3.8) is 0 Å². The largest absolute Gasteiger partial charge is 0.394 e. The van der Waals surface area contributed by atoms with Crippen LogP contribution in [0.25, 0.3) is 0 Å². The summed E-state index contributed by atoms with van der Waals surface area (Å²) in [6.45, 7) is 1.71. The van der Waals surface area contributed by atoms with Crippen molar-refractivity contribution < 1.29 is 13.5 Å². The third-order valence-corrected chi connectivity index (χ3v) is 7.04. The number of rotatable bonds is 5. The minimum Gasteiger partial charge on any atom is -0.394 e. The van der Waals surface area contributed by atoms with Gasteiger partial charge in [0.1, 0.15) is 0 Å². The second kappa shape index (κ2) is 5.74. The molecule has 0 unspecified atom stereocenters. The van der Waals surface area contributed by atoms with Crippen molar-refractivity contribution in [3.05, 3.63) is 65.7 Å². The van der Waals surface area contributed by atoms with Crippen molar-refractivity contribution in [1.82, 2.24) is 0 Å². The molecule has 2 aromatic carbocycles. The zero-order chi connectivity index (χ0) is 16.7. The van der Waals surface area contributed by atoms with Gasteiger partial charge in [0.2, 0.25) is 0 Å². The van der Waals surface area contributed by atoms with Gasteiger partial charge in [-0.05, 0) is 29.7 Å². The maximum absolute atomic E-state index is 12.9. The van der Waals surface area contributed by atoms with Crippen LogP contribution in [0.1, 0.15) is 24.0 Å². The first-order chi connectivity index (χ1) is 10.9. The van der Waals surface area contributed by atoms with Gasteiger partial charge in [-0.3, -0.25) is 0 Å². The molecule has 0 spiro atoms. The molecule has 0 saturated heterocycles. The molecule has 23 heavy (non-hydrogen) atoms.